The molecule has 1 fully saturated rings. The molecule has 1 saturated carbocycles. The number of carbonyl (C=O) groups is 4. The normalized spacial score (nSPS) is 31.7. The van der Waals surface area contributed by atoms with Crippen LogP contribution in [0.15, 0.2) is 58.5 Å². The lowest BCUT2D eigenvalue weighted by atomic mass is 9.86. The Morgan fingerprint density at radius 1 is 1.10 bits per heavy atom. The molecule has 2 aliphatic carbocycles. The van der Waals surface area contributed by atoms with Crippen LogP contribution in [0.3, 0.4) is 0 Å². The first-order valence-corrected chi connectivity index (χ1v) is 14.6. The van der Waals surface area contributed by atoms with Crippen LogP contribution >= 0.6 is 0 Å². The van der Waals surface area contributed by atoms with Crippen molar-refractivity contribution in [2.24, 2.45) is 23.5 Å². The van der Waals surface area contributed by atoms with Gasteiger partial charge in [-0.2, -0.15) is 0 Å². The summed E-state index contributed by atoms with van der Waals surface area (Å²) in [6.45, 7) is 8.16. The zero-order chi connectivity index (χ0) is 31.0. The van der Waals surface area contributed by atoms with Gasteiger partial charge < -0.3 is 30.6 Å². The molecule has 0 saturated heterocycles. The van der Waals surface area contributed by atoms with Gasteiger partial charge in [0.1, 0.15) is 6.10 Å². The first-order chi connectivity index (χ1) is 19.9. The maximum atomic E-state index is 13.7. The molecule has 10 heteroatoms. The lowest BCUT2D eigenvalue weighted by Crippen LogP contribution is -2.36. The van der Waals surface area contributed by atoms with E-state index in [2.05, 4.69) is 10.6 Å². The Kier molecular flexibility index (Phi) is 11.9. The molecular formula is C32H45N3O7. The number of nitrogens with two attached hydrogens (primary N) is 1. The molecule has 3 unspecified atom stereocenters. The minimum absolute atomic E-state index is 0.00323. The molecule has 42 heavy (non-hydrogen) atoms. The fraction of sp³-hybridized carbons (Fsp3) is 0.562. The third kappa shape index (κ3) is 9.25. The van der Waals surface area contributed by atoms with Gasteiger partial charge in [0.15, 0.2) is 6.10 Å². The van der Waals surface area contributed by atoms with Crippen molar-refractivity contribution in [1.82, 2.24) is 10.6 Å². The third-order valence-electron chi connectivity index (χ3n) is 7.86. The van der Waals surface area contributed by atoms with Crippen LogP contribution in [0.25, 0.3) is 0 Å². The molecular weight excluding hydrogens is 538 g/mol. The molecule has 1 aliphatic heterocycles. The second-order valence-corrected chi connectivity index (χ2v) is 11.7. The summed E-state index contributed by atoms with van der Waals surface area (Å²) in [6, 6.07) is 0. The third-order valence-corrected chi connectivity index (χ3v) is 7.86. The molecule has 5 atom stereocenters. The van der Waals surface area contributed by atoms with E-state index in [-0.39, 0.29) is 35.2 Å². The van der Waals surface area contributed by atoms with Crippen LogP contribution in [0.2, 0.25) is 0 Å². The molecule has 230 valence electrons. The number of ether oxygens (including phenoxy) is 3. The van der Waals surface area contributed by atoms with Gasteiger partial charge >= 0.3 is 6.09 Å². The highest BCUT2D eigenvalue weighted by Gasteiger charge is 2.33. The van der Waals surface area contributed by atoms with Crippen molar-refractivity contribution in [3.8, 4) is 0 Å². The van der Waals surface area contributed by atoms with E-state index in [1.165, 1.54) is 13.2 Å². The molecule has 0 aromatic heterocycles. The Balaban J connectivity index is 2.00. The number of amides is 2. The van der Waals surface area contributed by atoms with Gasteiger partial charge in [-0.15, -0.1) is 0 Å². The van der Waals surface area contributed by atoms with Gasteiger partial charge in [0, 0.05) is 38.0 Å². The predicted molar refractivity (Wildman–Crippen MR) is 159 cm³/mol. The maximum Gasteiger partial charge on any atom is 0.405 e. The smallest absolute Gasteiger partial charge is 0.405 e. The van der Waals surface area contributed by atoms with Crippen molar-refractivity contribution in [2.75, 3.05) is 20.8 Å². The van der Waals surface area contributed by atoms with E-state index in [4.69, 9.17) is 19.9 Å². The van der Waals surface area contributed by atoms with E-state index >= 15 is 0 Å². The zero-order valence-electron chi connectivity index (χ0n) is 25.5. The van der Waals surface area contributed by atoms with Gasteiger partial charge in [0.05, 0.1) is 17.5 Å². The van der Waals surface area contributed by atoms with Crippen molar-refractivity contribution in [1.29, 1.82) is 0 Å². The van der Waals surface area contributed by atoms with Crippen molar-refractivity contribution in [3.05, 3.63) is 58.5 Å². The Labute approximate surface area is 248 Å². The molecule has 0 aromatic rings. The molecule has 10 nitrogen and oxygen atoms in total. The summed E-state index contributed by atoms with van der Waals surface area (Å²) in [5.41, 5.74) is 7.11. The summed E-state index contributed by atoms with van der Waals surface area (Å²) >= 11 is 0. The van der Waals surface area contributed by atoms with Gasteiger partial charge in [-0.25, -0.2) is 4.79 Å². The van der Waals surface area contributed by atoms with Crippen LogP contribution in [0.1, 0.15) is 59.8 Å². The van der Waals surface area contributed by atoms with E-state index in [0.717, 1.165) is 18.4 Å². The highest BCUT2D eigenvalue weighted by atomic mass is 16.6. The number of carbonyl (C=O) groups excluding carboxylic acids is 4. The Hall–Kier alpha value is -3.50. The number of ketones is 2. The summed E-state index contributed by atoms with van der Waals surface area (Å²) in [6.07, 6.45) is 9.41. The monoisotopic (exact) mass is 583 g/mol. The summed E-state index contributed by atoms with van der Waals surface area (Å²) in [5.74, 6) is -0.633. The number of hydrogen-bond donors (Lipinski definition) is 3. The van der Waals surface area contributed by atoms with E-state index in [9.17, 15) is 19.2 Å². The second kappa shape index (κ2) is 15.1. The molecule has 0 spiro atoms. The standard InChI is InChI=1S/C32H45N3O7/c1-18-12-21(4)30(42-32(33)39)27(41-6)9-7-8-20(3)31(38)35-25-16-26(36)28(34-17-22-10-11-22)24(29(25)37)15-19(2)14-23(13-18)40-5/h7-9,12,16,18-19,22-23,27,30,34H,10-11,13-15,17H2,1-6H3,(H2,33,39)(H,35,38)/b9-7-,20-8+,21-12+/t18-,19-,23?,27?,30?/m0/s1. The molecule has 4 N–H and O–H groups in total. The average Bonchev–Trinajstić information content (AvgIpc) is 3.75. The fourth-order valence-corrected chi connectivity index (χ4v) is 5.39. The van der Waals surface area contributed by atoms with Crippen molar-refractivity contribution < 1.29 is 33.4 Å². The van der Waals surface area contributed by atoms with Crippen LogP contribution in [-0.2, 0) is 28.6 Å². The largest absolute Gasteiger partial charge is 0.439 e. The SMILES string of the molecule is COC1C[C@H](C)CC2=C(NCC3CC3)C(=O)C=C(NC(=O)/C(C)=C/C=C\C(OC)C(OC(N)=O)/C(C)=C/[C@H](C)C1)C2=O. The number of hydrogen-bond acceptors (Lipinski definition) is 8. The summed E-state index contributed by atoms with van der Waals surface area (Å²) in [7, 11) is 3.14. The first-order valence-electron chi connectivity index (χ1n) is 14.6. The van der Waals surface area contributed by atoms with Crippen molar-refractivity contribution in [3.63, 3.8) is 0 Å². The van der Waals surface area contributed by atoms with Crippen LogP contribution in [-0.4, -0.2) is 62.6 Å². The maximum absolute atomic E-state index is 13.7. The Bertz CT molecular complexity index is 1210. The molecule has 3 aliphatic rings. The minimum atomic E-state index is -0.928. The number of fused-ring (bicyclic) bond motifs is 2. The number of nitrogens with one attached hydrogen (secondary N) is 2. The molecule has 2 amide bonds. The van der Waals surface area contributed by atoms with Crippen LogP contribution < -0.4 is 16.4 Å². The zero-order valence-corrected chi connectivity index (χ0v) is 25.5. The van der Waals surface area contributed by atoms with E-state index in [0.29, 0.717) is 48.6 Å². The molecule has 0 radical (unpaired) electrons. The molecule has 0 aromatic carbocycles. The minimum Gasteiger partial charge on any atom is -0.439 e. The van der Waals surface area contributed by atoms with Gasteiger partial charge in [-0.05, 0) is 69.3 Å². The van der Waals surface area contributed by atoms with E-state index in [1.54, 1.807) is 32.3 Å². The molecule has 3 rings (SSSR count). The van der Waals surface area contributed by atoms with E-state index in [1.807, 2.05) is 26.8 Å². The van der Waals surface area contributed by atoms with Crippen LogP contribution in [0.4, 0.5) is 4.79 Å². The van der Waals surface area contributed by atoms with Gasteiger partial charge in [-0.1, -0.05) is 38.2 Å². The summed E-state index contributed by atoms with van der Waals surface area (Å²) in [4.78, 5) is 51.6. The number of methoxy groups -OCH3 is 2. The van der Waals surface area contributed by atoms with Gasteiger partial charge in [0.2, 0.25) is 11.6 Å². The lowest BCUT2D eigenvalue weighted by Gasteiger charge is -2.26. The number of allylic oxidation sites excluding steroid dienone is 5. The Morgan fingerprint density at radius 2 is 1.81 bits per heavy atom. The summed E-state index contributed by atoms with van der Waals surface area (Å²) < 4.78 is 16.8. The van der Waals surface area contributed by atoms with Crippen LogP contribution in [0, 0.1) is 17.8 Å². The van der Waals surface area contributed by atoms with Gasteiger partial charge in [0.25, 0.3) is 5.91 Å². The second-order valence-electron chi connectivity index (χ2n) is 11.7. The van der Waals surface area contributed by atoms with Crippen LogP contribution in [0.5, 0.6) is 0 Å². The Morgan fingerprint density at radius 3 is 2.43 bits per heavy atom. The number of Topliss-reactive ketones (excluding diaryl/α,β-unsaturated/α-hetero) is 1. The topological polar surface area (TPSA) is 146 Å². The van der Waals surface area contributed by atoms with Crippen molar-refractivity contribution >= 4 is 23.6 Å². The highest BCUT2D eigenvalue weighted by Crippen LogP contribution is 2.31. The quantitative estimate of drug-likeness (QED) is 0.316. The average molecular weight is 584 g/mol. The first kappa shape index (κ1) is 33.0. The summed E-state index contributed by atoms with van der Waals surface area (Å²) in [5, 5.41) is 5.87. The highest BCUT2D eigenvalue weighted by molar-refractivity contribution is 6.23. The molecule has 2 bridgehead atoms. The fourth-order valence-electron chi connectivity index (χ4n) is 5.39. The lowest BCUT2D eigenvalue weighted by molar-refractivity contribution is -0.120. The number of rotatable bonds is 6. The predicted octanol–water partition coefficient (Wildman–Crippen LogP) is 3.79. The number of primary amides is 1. The van der Waals surface area contributed by atoms with Crippen molar-refractivity contribution in [2.45, 2.75) is 78.1 Å². The molecule has 1 heterocycles. The van der Waals surface area contributed by atoms with Gasteiger partial charge in [-0.3, -0.25) is 14.4 Å². The van der Waals surface area contributed by atoms with E-state index < -0.39 is 24.2 Å².